The zero-order valence-electron chi connectivity index (χ0n) is 10.6. The molecule has 1 fully saturated rings. The van der Waals surface area contributed by atoms with Crippen LogP contribution in [0, 0.1) is 0 Å². The van der Waals surface area contributed by atoms with Gasteiger partial charge in [-0.25, -0.2) is 0 Å². The predicted octanol–water partition coefficient (Wildman–Crippen LogP) is 0.961. The molecule has 0 amide bonds. The Labute approximate surface area is 105 Å². The minimum Gasteiger partial charge on any atom is -0.308 e. The third-order valence-corrected chi connectivity index (χ3v) is 3.34. The fourth-order valence-electron chi connectivity index (χ4n) is 1.87. The van der Waals surface area contributed by atoms with E-state index in [0.29, 0.717) is 5.88 Å². The van der Waals surface area contributed by atoms with E-state index < -0.39 is 0 Å². The lowest BCUT2D eigenvalue weighted by molar-refractivity contribution is 0.133. The minimum atomic E-state index is 0.584. The first-order valence-electron chi connectivity index (χ1n) is 5.94. The molecule has 1 rings (SSSR count). The average Bonchev–Trinajstić information content (AvgIpc) is 2.28. The molecule has 0 aromatic carbocycles. The van der Waals surface area contributed by atoms with Crippen molar-refractivity contribution in [1.29, 1.82) is 0 Å². The summed E-state index contributed by atoms with van der Waals surface area (Å²) in [5.41, 5.74) is 1.13. The van der Waals surface area contributed by atoms with E-state index in [0.717, 1.165) is 31.8 Å². The number of hydrogen-bond acceptors (Lipinski definition) is 3. The van der Waals surface area contributed by atoms with Gasteiger partial charge >= 0.3 is 0 Å². The van der Waals surface area contributed by atoms with Crippen LogP contribution in [0.3, 0.4) is 0 Å². The maximum atomic E-state index is 5.74. The van der Waals surface area contributed by atoms with Gasteiger partial charge in [-0.15, -0.1) is 11.6 Å². The van der Waals surface area contributed by atoms with E-state index in [1.807, 2.05) is 0 Å². The number of nitrogens with zero attached hydrogens (tertiary/aromatic N) is 3. The Bertz CT molecular complexity index is 210. The first-order valence-corrected chi connectivity index (χ1v) is 6.47. The summed E-state index contributed by atoms with van der Waals surface area (Å²) in [6, 6.07) is 0. The van der Waals surface area contributed by atoms with E-state index in [4.69, 9.17) is 11.6 Å². The highest BCUT2D eigenvalue weighted by Crippen LogP contribution is 2.05. The molecule has 0 saturated carbocycles. The largest absolute Gasteiger partial charge is 0.308 e. The van der Waals surface area contributed by atoms with Crippen molar-refractivity contribution >= 4 is 11.6 Å². The van der Waals surface area contributed by atoms with Crippen LogP contribution in [0.25, 0.3) is 0 Å². The Kier molecular flexibility index (Phi) is 6.36. The third-order valence-electron chi connectivity index (χ3n) is 2.96. The van der Waals surface area contributed by atoms with Crippen molar-refractivity contribution in [2.75, 3.05) is 65.8 Å². The maximum Gasteiger partial charge on any atom is 0.0443 e. The first-order chi connectivity index (χ1) is 7.61. The zero-order valence-corrected chi connectivity index (χ0v) is 11.3. The summed E-state index contributed by atoms with van der Waals surface area (Å²) >= 11 is 5.74. The number of hydrogen-bond donors (Lipinski definition) is 0. The summed E-state index contributed by atoms with van der Waals surface area (Å²) in [4.78, 5) is 7.21. The summed E-state index contributed by atoms with van der Waals surface area (Å²) in [6.45, 7) is 11.9. The van der Waals surface area contributed by atoms with Gasteiger partial charge in [-0.3, -0.25) is 9.80 Å². The van der Waals surface area contributed by atoms with Crippen LogP contribution >= 0.6 is 11.6 Å². The van der Waals surface area contributed by atoms with Crippen LogP contribution in [0.15, 0.2) is 12.2 Å². The van der Waals surface area contributed by atoms with Gasteiger partial charge in [0.05, 0.1) is 0 Å². The Morgan fingerprint density at radius 2 is 1.75 bits per heavy atom. The second kappa shape index (κ2) is 7.28. The van der Waals surface area contributed by atoms with Crippen LogP contribution in [-0.2, 0) is 0 Å². The Morgan fingerprint density at radius 1 is 1.19 bits per heavy atom. The molecule has 0 aromatic heterocycles. The highest BCUT2D eigenvalue weighted by atomic mass is 35.5. The molecule has 1 aliphatic heterocycles. The summed E-state index contributed by atoms with van der Waals surface area (Å²) in [7, 11) is 4.25. The quantitative estimate of drug-likeness (QED) is 0.510. The van der Waals surface area contributed by atoms with Crippen molar-refractivity contribution < 1.29 is 0 Å². The van der Waals surface area contributed by atoms with E-state index >= 15 is 0 Å². The van der Waals surface area contributed by atoms with Crippen LogP contribution in [-0.4, -0.2) is 80.5 Å². The van der Waals surface area contributed by atoms with Gasteiger partial charge < -0.3 is 4.90 Å². The molecule has 1 aliphatic rings. The molecule has 1 heterocycles. The molecule has 4 heteroatoms. The van der Waals surface area contributed by atoms with E-state index in [9.17, 15) is 0 Å². The molecular weight excluding hydrogens is 222 g/mol. The van der Waals surface area contributed by atoms with Crippen LogP contribution in [0.4, 0.5) is 0 Å². The van der Waals surface area contributed by atoms with Crippen LogP contribution in [0.2, 0.25) is 0 Å². The molecule has 0 bridgehead atoms. The van der Waals surface area contributed by atoms with Gasteiger partial charge in [-0.2, -0.15) is 0 Å². The van der Waals surface area contributed by atoms with Crippen molar-refractivity contribution in [2.24, 2.45) is 0 Å². The van der Waals surface area contributed by atoms with Gasteiger partial charge in [-0.05, 0) is 19.7 Å². The molecule has 0 spiro atoms. The van der Waals surface area contributed by atoms with Crippen LogP contribution in [0.5, 0.6) is 0 Å². The van der Waals surface area contributed by atoms with Crippen molar-refractivity contribution in [3.63, 3.8) is 0 Å². The molecule has 0 unspecified atom stereocenters. The molecule has 94 valence electrons. The summed E-state index contributed by atoms with van der Waals surface area (Å²) in [5, 5.41) is 0. The molecule has 1 saturated heterocycles. The lowest BCUT2D eigenvalue weighted by atomic mass is 10.2. The van der Waals surface area contributed by atoms with E-state index in [-0.39, 0.29) is 0 Å². The highest BCUT2D eigenvalue weighted by molar-refractivity contribution is 6.19. The van der Waals surface area contributed by atoms with Crippen LogP contribution < -0.4 is 0 Å². The molecule has 16 heavy (non-hydrogen) atoms. The number of likely N-dealkylation sites (N-methyl/N-ethyl adjacent to an activating group) is 1. The van der Waals surface area contributed by atoms with E-state index in [1.165, 1.54) is 19.6 Å². The molecular formula is C12H24ClN3. The molecule has 0 atom stereocenters. The second-order valence-corrected chi connectivity index (χ2v) is 5.07. The standard InChI is InChI=1S/C12H24ClN3/c1-12(10-13)11-16-8-6-15(7-9-16)5-4-14(2)3/h1,4-11H2,2-3H3. The third kappa shape index (κ3) is 5.30. The monoisotopic (exact) mass is 245 g/mol. The minimum absolute atomic E-state index is 0.584. The first kappa shape index (κ1) is 14.0. The van der Waals surface area contributed by atoms with Gasteiger partial charge in [0.25, 0.3) is 0 Å². The number of halogens is 1. The summed E-state index contributed by atoms with van der Waals surface area (Å²) < 4.78 is 0. The topological polar surface area (TPSA) is 9.72 Å². The average molecular weight is 246 g/mol. The number of rotatable bonds is 6. The SMILES string of the molecule is C=C(CCl)CN1CCN(CCN(C)C)CC1. The lowest BCUT2D eigenvalue weighted by Crippen LogP contribution is -2.48. The zero-order chi connectivity index (χ0) is 12.0. The number of piperazine rings is 1. The molecule has 0 N–H and O–H groups in total. The molecule has 0 aliphatic carbocycles. The van der Waals surface area contributed by atoms with Crippen molar-refractivity contribution in [3.8, 4) is 0 Å². The molecule has 0 aromatic rings. The molecule has 0 radical (unpaired) electrons. The van der Waals surface area contributed by atoms with Gasteiger partial charge in [0.2, 0.25) is 0 Å². The second-order valence-electron chi connectivity index (χ2n) is 4.80. The normalized spacial score (nSPS) is 19.2. The van der Waals surface area contributed by atoms with Crippen molar-refractivity contribution in [2.45, 2.75) is 0 Å². The summed E-state index contributed by atoms with van der Waals surface area (Å²) in [6.07, 6.45) is 0. The highest BCUT2D eigenvalue weighted by Gasteiger charge is 2.16. The smallest absolute Gasteiger partial charge is 0.0443 e. The maximum absolute atomic E-state index is 5.74. The lowest BCUT2D eigenvalue weighted by Gasteiger charge is -2.35. The fraction of sp³-hybridized carbons (Fsp3) is 0.833. The van der Waals surface area contributed by atoms with Crippen LogP contribution in [0.1, 0.15) is 0 Å². The van der Waals surface area contributed by atoms with Gasteiger partial charge in [0.15, 0.2) is 0 Å². The van der Waals surface area contributed by atoms with Crippen molar-refractivity contribution in [3.05, 3.63) is 12.2 Å². The van der Waals surface area contributed by atoms with Gasteiger partial charge in [0, 0.05) is 51.7 Å². The van der Waals surface area contributed by atoms with Gasteiger partial charge in [-0.1, -0.05) is 6.58 Å². The van der Waals surface area contributed by atoms with E-state index in [2.05, 4.69) is 35.4 Å². The van der Waals surface area contributed by atoms with Crippen molar-refractivity contribution in [1.82, 2.24) is 14.7 Å². The number of alkyl halides is 1. The fourth-order valence-corrected chi connectivity index (χ4v) is 1.96. The molecule has 3 nitrogen and oxygen atoms in total. The predicted molar refractivity (Wildman–Crippen MR) is 71.3 cm³/mol. The Balaban J connectivity index is 2.16. The van der Waals surface area contributed by atoms with E-state index in [1.54, 1.807) is 0 Å². The summed E-state index contributed by atoms with van der Waals surface area (Å²) in [5.74, 6) is 0.584. The Hall–Kier alpha value is -0.0900. The Morgan fingerprint density at radius 3 is 2.25 bits per heavy atom. The van der Waals surface area contributed by atoms with Gasteiger partial charge in [0.1, 0.15) is 0 Å².